The van der Waals surface area contributed by atoms with Crippen LogP contribution < -0.4 is 5.73 Å². The predicted octanol–water partition coefficient (Wildman–Crippen LogP) is 0.215. The van der Waals surface area contributed by atoms with Gasteiger partial charge in [0.25, 0.3) is 0 Å². The Morgan fingerprint density at radius 1 is 1.50 bits per heavy atom. The molecule has 1 heterocycles. The lowest BCUT2D eigenvalue weighted by Gasteiger charge is -2.17. The van der Waals surface area contributed by atoms with Crippen molar-refractivity contribution in [1.82, 2.24) is 0 Å². The van der Waals surface area contributed by atoms with Crippen LogP contribution in [0.2, 0.25) is 0 Å². The Bertz CT molecular complexity index is 152. The van der Waals surface area contributed by atoms with Crippen molar-refractivity contribution in [3.63, 3.8) is 0 Å². The van der Waals surface area contributed by atoms with Crippen molar-refractivity contribution < 1.29 is 14.6 Å². The van der Waals surface area contributed by atoms with E-state index >= 15 is 0 Å². The van der Waals surface area contributed by atoms with Gasteiger partial charge in [-0.1, -0.05) is 0 Å². The minimum atomic E-state index is -0.901. The van der Waals surface area contributed by atoms with E-state index in [0.29, 0.717) is 6.61 Å². The number of ether oxygens (including phenoxy) is 1. The highest BCUT2D eigenvalue weighted by molar-refractivity contribution is 5.73. The van der Waals surface area contributed by atoms with Crippen molar-refractivity contribution in [3.05, 3.63) is 0 Å². The summed E-state index contributed by atoms with van der Waals surface area (Å²) in [4.78, 5) is 10.5. The van der Waals surface area contributed by atoms with E-state index in [9.17, 15) is 4.79 Å². The highest BCUT2D eigenvalue weighted by Crippen LogP contribution is 2.18. The van der Waals surface area contributed by atoms with Gasteiger partial charge in [-0.2, -0.15) is 0 Å². The van der Waals surface area contributed by atoms with Crippen LogP contribution in [0.25, 0.3) is 0 Å². The standard InChI is InChI=1S/C8H15NO3/c9-7(8(10)11)6-2-1-4-12-5-3-6/h6-7H,1-5,9H2,(H,10,11). The monoisotopic (exact) mass is 173 g/mol. The van der Waals surface area contributed by atoms with E-state index in [1.165, 1.54) is 0 Å². The SMILES string of the molecule is NC(C(=O)O)C1CCCOCC1. The van der Waals surface area contributed by atoms with Gasteiger partial charge in [0.05, 0.1) is 0 Å². The number of carboxylic acids is 1. The number of carbonyl (C=O) groups is 1. The molecule has 3 N–H and O–H groups in total. The van der Waals surface area contributed by atoms with E-state index in [-0.39, 0.29) is 5.92 Å². The molecule has 70 valence electrons. The van der Waals surface area contributed by atoms with Crippen molar-refractivity contribution in [2.24, 2.45) is 11.7 Å². The molecule has 0 aromatic heterocycles. The van der Waals surface area contributed by atoms with Gasteiger partial charge in [0.1, 0.15) is 6.04 Å². The second-order valence-corrected chi connectivity index (χ2v) is 3.17. The van der Waals surface area contributed by atoms with Crippen LogP contribution in [0.5, 0.6) is 0 Å². The van der Waals surface area contributed by atoms with Crippen LogP contribution in [0.1, 0.15) is 19.3 Å². The third-order valence-electron chi connectivity index (χ3n) is 2.29. The van der Waals surface area contributed by atoms with Crippen LogP contribution in [0, 0.1) is 5.92 Å². The molecule has 1 rings (SSSR count). The molecule has 4 heteroatoms. The van der Waals surface area contributed by atoms with Crippen molar-refractivity contribution in [1.29, 1.82) is 0 Å². The molecule has 0 radical (unpaired) electrons. The van der Waals surface area contributed by atoms with Gasteiger partial charge in [-0.05, 0) is 25.2 Å². The zero-order valence-corrected chi connectivity index (χ0v) is 7.03. The summed E-state index contributed by atoms with van der Waals surface area (Å²) in [5.74, 6) is -0.813. The van der Waals surface area contributed by atoms with Crippen LogP contribution in [-0.4, -0.2) is 30.3 Å². The lowest BCUT2D eigenvalue weighted by Crippen LogP contribution is -2.38. The molecule has 2 unspecified atom stereocenters. The maximum Gasteiger partial charge on any atom is 0.320 e. The Morgan fingerprint density at radius 2 is 2.25 bits per heavy atom. The molecular formula is C8H15NO3. The summed E-state index contributed by atoms with van der Waals surface area (Å²) in [7, 11) is 0. The van der Waals surface area contributed by atoms with Crippen molar-refractivity contribution in [2.75, 3.05) is 13.2 Å². The van der Waals surface area contributed by atoms with E-state index < -0.39 is 12.0 Å². The average Bonchev–Trinajstić information content (AvgIpc) is 2.30. The minimum absolute atomic E-state index is 0.0880. The van der Waals surface area contributed by atoms with Gasteiger partial charge in [0, 0.05) is 13.2 Å². The Balaban J connectivity index is 2.42. The summed E-state index contributed by atoms with van der Waals surface area (Å²) in [6.45, 7) is 1.38. The highest BCUT2D eigenvalue weighted by Gasteiger charge is 2.24. The van der Waals surface area contributed by atoms with E-state index in [0.717, 1.165) is 25.9 Å². The van der Waals surface area contributed by atoms with E-state index in [1.54, 1.807) is 0 Å². The van der Waals surface area contributed by atoms with E-state index in [2.05, 4.69) is 0 Å². The molecule has 1 saturated heterocycles. The molecule has 0 spiro atoms. The molecule has 1 aliphatic heterocycles. The van der Waals surface area contributed by atoms with E-state index in [1.807, 2.05) is 0 Å². The third-order valence-corrected chi connectivity index (χ3v) is 2.29. The Labute approximate surface area is 71.7 Å². The van der Waals surface area contributed by atoms with Gasteiger partial charge >= 0.3 is 5.97 Å². The van der Waals surface area contributed by atoms with Crippen molar-refractivity contribution >= 4 is 5.97 Å². The number of carboxylic acid groups (broad SMARTS) is 1. The summed E-state index contributed by atoms with van der Waals surface area (Å²) in [5, 5.41) is 8.66. The largest absolute Gasteiger partial charge is 0.480 e. The highest BCUT2D eigenvalue weighted by atomic mass is 16.5. The fraction of sp³-hybridized carbons (Fsp3) is 0.875. The molecule has 0 saturated carbocycles. The molecule has 0 aromatic carbocycles. The second kappa shape index (κ2) is 4.42. The summed E-state index contributed by atoms with van der Waals surface area (Å²) in [5.41, 5.74) is 5.51. The van der Waals surface area contributed by atoms with Gasteiger partial charge in [0.2, 0.25) is 0 Å². The Morgan fingerprint density at radius 3 is 2.92 bits per heavy atom. The minimum Gasteiger partial charge on any atom is -0.480 e. The van der Waals surface area contributed by atoms with Crippen LogP contribution in [0.4, 0.5) is 0 Å². The lowest BCUT2D eigenvalue weighted by atomic mass is 9.93. The Hall–Kier alpha value is -0.610. The first-order chi connectivity index (χ1) is 5.72. The van der Waals surface area contributed by atoms with Gasteiger partial charge in [-0.25, -0.2) is 0 Å². The third kappa shape index (κ3) is 2.46. The first kappa shape index (κ1) is 9.48. The van der Waals surface area contributed by atoms with Crippen molar-refractivity contribution in [3.8, 4) is 0 Å². The molecule has 0 aliphatic carbocycles. The fourth-order valence-corrected chi connectivity index (χ4v) is 1.49. The predicted molar refractivity (Wildman–Crippen MR) is 43.8 cm³/mol. The molecule has 1 fully saturated rings. The second-order valence-electron chi connectivity index (χ2n) is 3.17. The maximum absolute atomic E-state index is 10.5. The number of hydrogen-bond donors (Lipinski definition) is 2. The molecular weight excluding hydrogens is 158 g/mol. The first-order valence-corrected chi connectivity index (χ1v) is 4.28. The van der Waals surface area contributed by atoms with Gasteiger partial charge in [-0.3, -0.25) is 4.79 Å². The molecule has 0 amide bonds. The first-order valence-electron chi connectivity index (χ1n) is 4.28. The van der Waals surface area contributed by atoms with Crippen LogP contribution in [0.3, 0.4) is 0 Å². The van der Waals surface area contributed by atoms with Crippen LogP contribution >= 0.6 is 0 Å². The number of rotatable bonds is 2. The summed E-state index contributed by atoms with van der Waals surface area (Å²) in [6.07, 6.45) is 2.56. The van der Waals surface area contributed by atoms with Crippen LogP contribution in [-0.2, 0) is 9.53 Å². The molecule has 4 nitrogen and oxygen atoms in total. The van der Waals surface area contributed by atoms with Gasteiger partial charge < -0.3 is 15.6 Å². The summed E-state index contributed by atoms with van der Waals surface area (Å²) >= 11 is 0. The van der Waals surface area contributed by atoms with Gasteiger partial charge in [0.15, 0.2) is 0 Å². The lowest BCUT2D eigenvalue weighted by molar-refractivity contribution is -0.140. The molecule has 1 aliphatic rings. The number of hydrogen-bond acceptors (Lipinski definition) is 3. The van der Waals surface area contributed by atoms with Crippen LogP contribution in [0.15, 0.2) is 0 Å². The summed E-state index contributed by atoms with van der Waals surface area (Å²) in [6, 6.07) is -0.716. The Kier molecular flexibility index (Phi) is 3.49. The number of nitrogens with two attached hydrogens (primary N) is 1. The molecule has 12 heavy (non-hydrogen) atoms. The zero-order valence-electron chi connectivity index (χ0n) is 7.03. The smallest absolute Gasteiger partial charge is 0.320 e. The molecule has 0 bridgehead atoms. The maximum atomic E-state index is 10.5. The average molecular weight is 173 g/mol. The zero-order chi connectivity index (χ0) is 8.97. The van der Waals surface area contributed by atoms with Crippen molar-refractivity contribution in [2.45, 2.75) is 25.3 Å². The number of aliphatic carboxylic acids is 1. The quantitative estimate of drug-likeness (QED) is 0.626. The van der Waals surface area contributed by atoms with E-state index in [4.69, 9.17) is 15.6 Å². The molecule has 0 aromatic rings. The summed E-state index contributed by atoms with van der Waals surface area (Å²) < 4.78 is 5.21. The molecule has 2 atom stereocenters. The fourth-order valence-electron chi connectivity index (χ4n) is 1.49. The van der Waals surface area contributed by atoms with Gasteiger partial charge in [-0.15, -0.1) is 0 Å². The topological polar surface area (TPSA) is 72.6 Å². The normalized spacial score (nSPS) is 27.6.